The zero-order valence-corrected chi connectivity index (χ0v) is 36.0. The molecule has 0 amide bonds. The van der Waals surface area contributed by atoms with E-state index < -0.39 is 8.07 Å². The highest BCUT2D eigenvalue weighted by atomic mass is 28.3. The first-order chi connectivity index (χ1) is 31.8. The first kappa shape index (κ1) is 36.5. The van der Waals surface area contributed by atoms with E-state index >= 15 is 0 Å². The topological polar surface area (TPSA) is 14.8 Å². The van der Waals surface area contributed by atoms with Crippen molar-refractivity contribution in [3.63, 3.8) is 0 Å². The van der Waals surface area contributed by atoms with Gasteiger partial charge in [-0.05, 0) is 87.5 Å². The molecule has 0 aliphatic heterocycles. The van der Waals surface area contributed by atoms with Gasteiger partial charge >= 0.3 is 0 Å². The van der Waals surface area contributed by atoms with E-state index in [9.17, 15) is 0 Å². The summed E-state index contributed by atoms with van der Waals surface area (Å²) in [6.07, 6.45) is 0. The number of nitrogens with zero attached hydrogens (tertiary/aromatic N) is 3. The third-order valence-electron chi connectivity index (χ3n) is 13.6. The molecule has 0 saturated heterocycles. The molecule has 0 saturated carbocycles. The highest BCUT2D eigenvalue weighted by molar-refractivity contribution is 7.19. The molecule has 0 atom stereocenters. The van der Waals surface area contributed by atoms with Crippen molar-refractivity contribution in [1.82, 2.24) is 13.7 Å². The molecule has 0 spiro atoms. The fraction of sp³-hybridized carbons (Fsp3) is 0. The van der Waals surface area contributed by atoms with Crippen LogP contribution >= 0.6 is 0 Å². The number of fused-ring (bicyclic) bond motifs is 10. The number of hydrogen-bond donors (Lipinski definition) is 0. The minimum Gasteiger partial charge on any atom is -0.309 e. The lowest BCUT2D eigenvalue weighted by Crippen LogP contribution is -2.74. The Morgan fingerprint density at radius 3 is 1.08 bits per heavy atom. The van der Waals surface area contributed by atoms with Crippen LogP contribution in [-0.4, -0.2) is 21.8 Å². The van der Waals surface area contributed by atoms with Gasteiger partial charge in [0.2, 0.25) is 0 Å². The second-order valence-corrected chi connectivity index (χ2v) is 20.7. The molecule has 0 unspecified atom stereocenters. The summed E-state index contributed by atoms with van der Waals surface area (Å²) in [5.41, 5.74) is 10.7. The molecule has 4 heteroatoms. The average molecular weight is 832 g/mol. The monoisotopic (exact) mass is 831 g/mol. The van der Waals surface area contributed by atoms with Gasteiger partial charge in [0, 0.05) is 49.4 Å². The fourth-order valence-electron chi connectivity index (χ4n) is 10.9. The summed E-state index contributed by atoms with van der Waals surface area (Å²) in [6.45, 7) is 0. The minimum absolute atomic E-state index is 1.14. The molecule has 10 aromatic carbocycles. The number of hydrogen-bond acceptors (Lipinski definition) is 0. The predicted molar refractivity (Wildman–Crippen MR) is 273 cm³/mol. The van der Waals surface area contributed by atoms with Crippen molar-refractivity contribution in [3.05, 3.63) is 249 Å². The van der Waals surface area contributed by atoms with Crippen LogP contribution in [0.25, 0.3) is 82.5 Å². The smallest absolute Gasteiger partial charge is 0.179 e. The summed E-state index contributed by atoms with van der Waals surface area (Å²) < 4.78 is 7.34. The quantitative estimate of drug-likeness (QED) is 0.112. The van der Waals surface area contributed by atoms with Crippen LogP contribution in [0.1, 0.15) is 0 Å². The van der Waals surface area contributed by atoms with Crippen molar-refractivity contribution < 1.29 is 0 Å². The van der Waals surface area contributed by atoms with Crippen molar-refractivity contribution in [1.29, 1.82) is 0 Å². The van der Waals surface area contributed by atoms with E-state index in [2.05, 4.69) is 262 Å². The Labute approximate surface area is 372 Å². The van der Waals surface area contributed by atoms with Gasteiger partial charge in [-0.15, -0.1) is 0 Å². The van der Waals surface area contributed by atoms with Crippen LogP contribution in [0.5, 0.6) is 0 Å². The van der Waals surface area contributed by atoms with Crippen LogP contribution in [0.3, 0.4) is 0 Å². The lowest BCUT2D eigenvalue weighted by Gasteiger charge is -2.34. The van der Waals surface area contributed by atoms with Gasteiger partial charge in [0.15, 0.2) is 8.07 Å². The van der Waals surface area contributed by atoms with E-state index in [1.165, 1.54) is 86.2 Å². The van der Waals surface area contributed by atoms with Gasteiger partial charge in [-0.1, -0.05) is 182 Å². The zero-order valence-electron chi connectivity index (χ0n) is 35.0. The molecule has 13 rings (SSSR count). The maximum Gasteiger partial charge on any atom is 0.179 e. The molecule has 3 nitrogen and oxygen atoms in total. The summed E-state index contributed by atoms with van der Waals surface area (Å²) in [4.78, 5) is 0. The van der Waals surface area contributed by atoms with Gasteiger partial charge in [0.25, 0.3) is 0 Å². The van der Waals surface area contributed by atoms with Crippen LogP contribution in [-0.2, 0) is 0 Å². The van der Waals surface area contributed by atoms with Crippen molar-refractivity contribution >= 4 is 94.2 Å². The Bertz CT molecular complexity index is 3770. The molecule has 3 heterocycles. The van der Waals surface area contributed by atoms with Gasteiger partial charge in [0.1, 0.15) is 0 Å². The van der Waals surface area contributed by atoms with Gasteiger partial charge in [-0.3, -0.25) is 0 Å². The number of aromatic nitrogens is 3. The Morgan fingerprint density at radius 2 is 0.562 bits per heavy atom. The minimum atomic E-state index is -2.87. The molecule has 0 aliphatic rings. The largest absolute Gasteiger partial charge is 0.309 e. The Morgan fingerprint density at radius 1 is 0.219 bits per heavy atom. The Balaban J connectivity index is 1.04. The first-order valence-electron chi connectivity index (χ1n) is 22.1. The maximum absolute atomic E-state index is 2.87. The van der Waals surface area contributed by atoms with E-state index in [1.807, 2.05) is 0 Å². The molecule has 0 N–H and O–H groups in total. The highest BCUT2D eigenvalue weighted by Crippen LogP contribution is 2.42. The summed E-state index contributed by atoms with van der Waals surface area (Å²) >= 11 is 0. The van der Waals surface area contributed by atoms with Gasteiger partial charge in [0.05, 0.1) is 33.1 Å². The predicted octanol–water partition coefficient (Wildman–Crippen LogP) is 12.4. The van der Waals surface area contributed by atoms with Crippen molar-refractivity contribution in [2.75, 3.05) is 0 Å². The summed E-state index contributed by atoms with van der Waals surface area (Å²) in [6, 6.07) is 92.2. The van der Waals surface area contributed by atoms with Gasteiger partial charge in [-0.2, -0.15) is 0 Å². The van der Waals surface area contributed by atoms with Gasteiger partial charge < -0.3 is 13.7 Å². The lowest BCUT2D eigenvalue weighted by molar-refractivity contribution is 1.17. The molecular weight excluding hydrogens is 791 g/mol. The van der Waals surface area contributed by atoms with Crippen LogP contribution < -0.4 is 20.7 Å². The average Bonchev–Trinajstić information content (AvgIpc) is 4.02. The summed E-state index contributed by atoms with van der Waals surface area (Å²) in [7, 11) is -2.87. The van der Waals surface area contributed by atoms with E-state index in [0.717, 1.165) is 17.1 Å². The maximum atomic E-state index is 2.51. The Hall–Kier alpha value is -8.18. The molecule has 0 aliphatic carbocycles. The first-order valence-corrected chi connectivity index (χ1v) is 24.1. The van der Waals surface area contributed by atoms with Crippen molar-refractivity contribution in [3.8, 4) is 17.1 Å². The van der Waals surface area contributed by atoms with Crippen LogP contribution in [0, 0.1) is 0 Å². The standard InChI is InChI=1S/C60H41N3Si/c1-4-18-42(19-5-1)62-57-31-17-13-27-53(57)59-58(62)41-40-52-51-26-12-16-30-56(51)63(60(52)59)44-34-38-48(39-35-44)64(45-20-6-2-7-21-45,46-22-8-3-9-23-46)47-36-32-43(33-37-47)61-54-28-14-10-24-49(54)50-25-11-15-29-55(50)61/h1-41H. The number of benzene rings is 10. The highest BCUT2D eigenvalue weighted by Gasteiger charge is 2.41. The second kappa shape index (κ2) is 14.5. The molecule has 0 fully saturated rings. The van der Waals surface area contributed by atoms with Crippen molar-refractivity contribution in [2.24, 2.45) is 0 Å². The fourth-order valence-corrected chi connectivity index (χ4v) is 15.6. The van der Waals surface area contributed by atoms with Crippen LogP contribution in [0.4, 0.5) is 0 Å². The number of para-hydroxylation sites is 5. The second-order valence-electron chi connectivity index (χ2n) is 16.8. The molecule has 3 aromatic heterocycles. The summed E-state index contributed by atoms with van der Waals surface area (Å²) in [5.74, 6) is 0. The Kier molecular flexibility index (Phi) is 8.23. The SMILES string of the molecule is c1ccc(-n2c3ccccc3c3c2ccc2c4ccccc4n(-c4ccc([Si](c5ccccc5)(c5ccccc5)c5ccc(-n6c7ccccc7c7ccccc76)cc5)cc4)c23)cc1. The zero-order chi connectivity index (χ0) is 42.2. The van der Waals surface area contributed by atoms with Gasteiger partial charge in [-0.25, -0.2) is 0 Å². The third-order valence-corrected chi connectivity index (χ3v) is 18.4. The van der Waals surface area contributed by atoms with E-state index in [1.54, 1.807) is 0 Å². The van der Waals surface area contributed by atoms with E-state index in [0.29, 0.717) is 0 Å². The molecule has 0 radical (unpaired) electrons. The van der Waals surface area contributed by atoms with E-state index in [-0.39, 0.29) is 0 Å². The molecule has 13 aromatic rings. The molecule has 0 bridgehead atoms. The lowest BCUT2D eigenvalue weighted by atomic mass is 10.1. The third kappa shape index (κ3) is 5.27. The van der Waals surface area contributed by atoms with Crippen LogP contribution in [0.2, 0.25) is 0 Å². The number of rotatable bonds is 7. The molecular formula is C60H41N3Si. The molecule has 300 valence electrons. The normalized spacial score (nSPS) is 12.1. The summed E-state index contributed by atoms with van der Waals surface area (Å²) in [5, 5.41) is 12.9. The molecule has 64 heavy (non-hydrogen) atoms. The van der Waals surface area contributed by atoms with E-state index in [4.69, 9.17) is 0 Å². The van der Waals surface area contributed by atoms with Crippen LogP contribution in [0.15, 0.2) is 249 Å². The van der Waals surface area contributed by atoms with Crippen molar-refractivity contribution in [2.45, 2.75) is 0 Å².